The summed E-state index contributed by atoms with van der Waals surface area (Å²) in [6.45, 7) is 10.00. The number of piperidine rings is 1. The maximum atomic E-state index is 2.60. The van der Waals surface area contributed by atoms with E-state index in [1.165, 1.54) is 39.0 Å². The summed E-state index contributed by atoms with van der Waals surface area (Å²) in [4.78, 5) is 5.07. The maximum Gasteiger partial charge on any atom is 0.00388 e. The lowest BCUT2D eigenvalue weighted by atomic mass is 9.79. The lowest BCUT2D eigenvalue weighted by Crippen LogP contribution is -2.54. The van der Waals surface area contributed by atoms with Crippen LogP contribution in [0.5, 0.6) is 0 Å². The molecule has 0 aromatic heterocycles. The SMILES string of the molecule is CC(C)N1CC(C2CCN(C)CC2)C1. The van der Waals surface area contributed by atoms with Gasteiger partial charge in [-0.25, -0.2) is 0 Å². The summed E-state index contributed by atoms with van der Waals surface area (Å²) in [5, 5.41) is 0. The lowest BCUT2D eigenvalue weighted by molar-refractivity contribution is 0.0115. The fraction of sp³-hybridized carbons (Fsp3) is 1.00. The van der Waals surface area contributed by atoms with Gasteiger partial charge in [0.15, 0.2) is 0 Å². The van der Waals surface area contributed by atoms with Gasteiger partial charge in [0.1, 0.15) is 0 Å². The molecule has 2 heterocycles. The van der Waals surface area contributed by atoms with Crippen LogP contribution in [-0.2, 0) is 0 Å². The van der Waals surface area contributed by atoms with Crippen LogP contribution in [0.4, 0.5) is 0 Å². The van der Waals surface area contributed by atoms with Crippen molar-refractivity contribution >= 4 is 0 Å². The molecule has 2 aliphatic heterocycles. The average molecular weight is 196 g/mol. The van der Waals surface area contributed by atoms with E-state index in [-0.39, 0.29) is 0 Å². The van der Waals surface area contributed by atoms with Crippen LogP contribution in [0.3, 0.4) is 0 Å². The summed E-state index contributed by atoms with van der Waals surface area (Å²) in [5.41, 5.74) is 0. The van der Waals surface area contributed by atoms with Gasteiger partial charge in [0.05, 0.1) is 0 Å². The quantitative estimate of drug-likeness (QED) is 0.663. The van der Waals surface area contributed by atoms with Crippen LogP contribution in [0.2, 0.25) is 0 Å². The molecule has 0 N–H and O–H groups in total. The fourth-order valence-corrected chi connectivity index (χ4v) is 2.77. The lowest BCUT2D eigenvalue weighted by Gasteiger charge is -2.47. The van der Waals surface area contributed by atoms with E-state index < -0.39 is 0 Å². The molecule has 82 valence electrons. The normalized spacial score (nSPS) is 28.3. The zero-order valence-corrected chi connectivity index (χ0v) is 9.87. The smallest absolute Gasteiger partial charge is 0.00388 e. The van der Waals surface area contributed by atoms with E-state index in [9.17, 15) is 0 Å². The zero-order valence-electron chi connectivity index (χ0n) is 9.87. The Balaban J connectivity index is 1.72. The number of hydrogen-bond donors (Lipinski definition) is 0. The van der Waals surface area contributed by atoms with E-state index in [1.54, 1.807) is 0 Å². The highest BCUT2D eigenvalue weighted by Gasteiger charge is 2.35. The molecule has 14 heavy (non-hydrogen) atoms. The first-order valence-electron chi connectivity index (χ1n) is 6.09. The Kier molecular flexibility index (Phi) is 3.13. The van der Waals surface area contributed by atoms with Crippen molar-refractivity contribution in [3.05, 3.63) is 0 Å². The van der Waals surface area contributed by atoms with Gasteiger partial charge in [-0.2, -0.15) is 0 Å². The van der Waals surface area contributed by atoms with Crippen molar-refractivity contribution in [1.29, 1.82) is 0 Å². The monoisotopic (exact) mass is 196 g/mol. The van der Waals surface area contributed by atoms with Crippen molar-refractivity contribution in [2.24, 2.45) is 11.8 Å². The van der Waals surface area contributed by atoms with E-state index in [0.717, 1.165) is 17.9 Å². The molecular formula is C12H24N2. The Morgan fingerprint density at radius 3 is 2.07 bits per heavy atom. The highest BCUT2D eigenvalue weighted by Crippen LogP contribution is 2.32. The first kappa shape index (κ1) is 10.4. The summed E-state index contributed by atoms with van der Waals surface area (Å²) in [7, 11) is 2.25. The molecule has 2 nitrogen and oxygen atoms in total. The molecule has 2 aliphatic rings. The summed E-state index contributed by atoms with van der Waals surface area (Å²) in [6, 6.07) is 0.762. The van der Waals surface area contributed by atoms with Crippen molar-refractivity contribution in [3.8, 4) is 0 Å². The Bertz CT molecular complexity index is 177. The molecule has 2 fully saturated rings. The molecule has 0 aromatic carbocycles. The zero-order chi connectivity index (χ0) is 10.1. The van der Waals surface area contributed by atoms with Crippen LogP contribution in [0.15, 0.2) is 0 Å². The van der Waals surface area contributed by atoms with E-state index >= 15 is 0 Å². The highest BCUT2D eigenvalue weighted by atomic mass is 15.2. The second-order valence-corrected chi connectivity index (χ2v) is 5.45. The minimum atomic E-state index is 0.762. The number of nitrogens with zero attached hydrogens (tertiary/aromatic N) is 2. The van der Waals surface area contributed by atoms with Gasteiger partial charge >= 0.3 is 0 Å². The summed E-state index contributed by atoms with van der Waals surface area (Å²) < 4.78 is 0. The van der Waals surface area contributed by atoms with E-state index in [1.807, 2.05) is 0 Å². The molecular weight excluding hydrogens is 172 g/mol. The standard InChI is InChI=1S/C12H24N2/c1-10(2)14-8-12(9-14)11-4-6-13(3)7-5-11/h10-12H,4-9H2,1-3H3. The Hall–Kier alpha value is -0.0800. The van der Waals surface area contributed by atoms with Crippen LogP contribution in [0.25, 0.3) is 0 Å². The highest BCUT2D eigenvalue weighted by molar-refractivity contribution is 4.88. The van der Waals surface area contributed by atoms with Crippen LogP contribution in [0, 0.1) is 11.8 Å². The average Bonchev–Trinajstić information content (AvgIpc) is 2.05. The summed E-state index contributed by atoms with van der Waals surface area (Å²) in [6.07, 6.45) is 2.88. The van der Waals surface area contributed by atoms with Gasteiger partial charge in [0.2, 0.25) is 0 Å². The number of likely N-dealkylation sites (tertiary alicyclic amines) is 2. The van der Waals surface area contributed by atoms with E-state index in [0.29, 0.717) is 0 Å². The second kappa shape index (κ2) is 4.19. The molecule has 0 aromatic rings. The van der Waals surface area contributed by atoms with Crippen LogP contribution in [-0.4, -0.2) is 49.1 Å². The largest absolute Gasteiger partial charge is 0.306 e. The predicted octanol–water partition coefficient (Wildman–Crippen LogP) is 1.67. The van der Waals surface area contributed by atoms with Gasteiger partial charge in [-0.3, -0.25) is 0 Å². The topological polar surface area (TPSA) is 6.48 Å². The third kappa shape index (κ3) is 2.12. The van der Waals surface area contributed by atoms with Gasteiger partial charge in [-0.15, -0.1) is 0 Å². The fourth-order valence-electron chi connectivity index (χ4n) is 2.77. The van der Waals surface area contributed by atoms with Crippen LogP contribution < -0.4 is 0 Å². The molecule has 0 aliphatic carbocycles. The Morgan fingerprint density at radius 2 is 1.57 bits per heavy atom. The number of rotatable bonds is 2. The number of hydrogen-bond acceptors (Lipinski definition) is 2. The molecule has 2 saturated heterocycles. The molecule has 2 rings (SSSR count). The van der Waals surface area contributed by atoms with E-state index in [2.05, 4.69) is 30.7 Å². The minimum absolute atomic E-state index is 0.762. The molecule has 0 amide bonds. The van der Waals surface area contributed by atoms with Crippen LogP contribution in [0.1, 0.15) is 26.7 Å². The van der Waals surface area contributed by atoms with Gasteiger partial charge in [-0.1, -0.05) is 0 Å². The molecule has 0 bridgehead atoms. The molecule has 0 unspecified atom stereocenters. The van der Waals surface area contributed by atoms with Gasteiger partial charge in [0.25, 0.3) is 0 Å². The predicted molar refractivity (Wildman–Crippen MR) is 60.4 cm³/mol. The maximum absolute atomic E-state index is 2.60. The molecule has 0 spiro atoms. The molecule has 0 saturated carbocycles. The Labute approximate surface area is 88.3 Å². The van der Waals surface area contributed by atoms with Crippen molar-refractivity contribution in [1.82, 2.24) is 9.80 Å². The Morgan fingerprint density at radius 1 is 1.00 bits per heavy atom. The van der Waals surface area contributed by atoms with Crippen molar-refractivity contribution in [2.75, 3.05) is 33.2 Å². The molecule has 0 radical (unpaired) electrons. The van der Waals surface area contributed by atoms with Gasteiger partial charge < -0.3 is 9.80 Å². The minimum Gasteiger partial charge on any atom is -0.306 e. The first-order chi connectivity index (χ1) is 6.66. The van der Waals surface area contributed by atoms with Crippen molar-refractivity contribution in [3.63, 3.8) is 0 Å². The van der Waals surface area contributed by atoms with Crippen LogP contribution >= 0.6 is 0 Å². The summed E-state index contributed by atoms with van der Waals surface area (Å²) >= 11 is 0. The first-order valence-corrected chi connectivity index (χ1v) is 6.09. The van der Waals surface area contributed by atoms with E-state index in [4.69, 9.17) is 0 Å². The van der Waals surface area contributed by atoms with Gasteiger partial charge in [-0.05, 0) is 58.7 Å². The van der Waals surface area contributed by atoms with Crippen molar-refractivity contribution in [2.45, 2.75) is 32.7 Å². The third-order valence-electron chi connectivity index (χ3n) is 4.10. The summed E-state index contributed by atoms with van der Waals surface area (Å²) in [5.74, 6) is 2.05. The van der Waals surface area contributed by atoms with Crippen molar-refractivity contribution < 1.29 is 0 Å². The molecule has 0 atom stereocenters. The molecule has 2 heteroatoms. The van der Waals surface area contributed by atoms with Gasteiger partial charge in [0, 0.05) is 19.1 Å². The third-order valence-corrected chi connectivity index (χ3v) is 4.10. The second-order valence-electron chi connectivity index (χ2n) is 5.45.